The Hall–Kier alpha value is -3.87. The second-order valence-electron chi connectivity index (χ2n) is 6.95. The molecule has 0 bridgehead atoms. The average molecular weight is 418 g/mol. The van der Waals surface area contributed by atoms with Crippen LogP contribution in [-0.4, -0.2) is 31.1 Å². The lowest BCUT2D eigenvalue weighted by Crippen LogP contribution is -2.36. The van der Waals surface area contributed by atoms with Crippen molar-refractivity contribution in [2.45, 2.75) is 20.4 Å². The summed E-state index contributed by atoms with van der Waals surface area (Å²) in [6.45, 7) is 4.42. The van der Waals surface area contributed by atoms with Gasteiger partial charge in [-0.2, -0.15) is 0 Å². The van der Waals surface area contributed by atoms with Crippen molar-refractivity contribution in [1.82, 2.24) is 10.3 Å². The third kappa shape index (κ3) is 5.82. The first kappa shape index (κ1) is 21.8. The zero-order valence-corrected chi connectivity index (χ0v) is 18.1. The number of pyridine rings is 1. The minimum atomic E-state index is -0.333. The van der Waals surface area contributed by atoms with Crippen LogP contribution < -0.4 is 20.1 Å². The van der Waals surface area contributed by atoms with Crippen molar-refractivity contribution in [2.75, 3.05) is 19.5 Å². The van der Waals surface area contributed by atoms with Gasteiger partial charge in [-0.1, -0.05) is 18.2 Å². The largest absolute Gasteiger partial charge is 0.497 e. The van der Waals surface area contributed by atoms with Gasteiger partial charge in [0.15, 0.2) is 0 Å². The molecule has 1 heterocycles. The van der Waals surface area contributed by atoms with Crippen molar-refractivity contribution in [3.8, 4) is 11.5 Å². The fraction of sp³-hybridized carbons (Fsp3) is 0.208. The molecule has 2 N–H and O–H groups in total. The van der Waals surface area contributed by atoms with E-state index >= 15 is 0 Å². The minimum absolute atomic E-state index is 0.333. The summed E-state index contributed by atoms with van der Waals surface area (Å²) in [5.41, 5.74) is 4.41. The van der Waals surface area contributed by atoms with Gasteiger partial charge in [0.05, 0.1) is 20.8 Å². The van der Waals surface area contributed by atoms with Crippen molar-refractivity contribution < 1.29 is 14.3 Å². The topological polar surface area (TPSA) is 84.8 Å². The molecule has 0 fully saturated rings. The Kier molecular flexibility index (Phi) is 7.22. The van der Waals surface area contributed by atoms with Crippen LogP contribution in [0, 0.1) is 13.8 Å². The molecule has 160 valence electrons. The van der Waals surface area contributed by atoms with Crippen LogP contribution in [0.2, 0.25) is 0 Å². The lowest BCUT2D eigenvalue weighted by molar-refractivity contribution is 0.0976. The molecular formula is C24H26N4O3. The molecule has 2 aromatic carbocycles. The van der Waals surface area contributed by atoms with Gasteiger partial charge in [0.2, 0.25) is 5.96 Å². The number of guanidine groups is 1. The van der Waals surface area contributed by atoms with Crippen molar-refractivity contribution in [3.05, 3.63) is 83.2 Å². The first-order chi connectivity index (χ1) is 15.0. The summed E-state index contributed by atoms with van der Waals surface area (Å²) >= 11 is 0. The molecule has 0 aliphatic carbocycles. The van der Waals surface area contributed by atoms with Crippen molar-refractivity contribution in [2.24, 2.45) is 4.99 Å². The number of carbonyl (C=O) groups excluding carboxylic acids is 1. The van der Waals surface area contributed by atoms with Gasteiger partial charge in [-0.25, -0.2) is 4.99 Å². The zero-order valence-electron chi connectivity index (χ0n) is 18.1. The molecule has 31 heavy (non-hydrogen) atoms. The number of nitrogens with zero attached hydrogens (tertiary/aromatic N) is 2. The average Bonchev–Trinajstić information content (AvgIpc) is 2.80. The number of anilines is 1. The molecule has 0 radical (unpaired) electrons. The van der Waals surface area contributed by atoms with Gasteiger partial charge in [0.25, 0.3) is 5.91 Å². The van der Waals surface area contributed by atoms with Gasteiger partial charge in [-0.15, -0.1) is 0 Å². The minimum Gasteiger partial charge on any atom is -0.497 e. The molecule has 3 rings (SSSR count). The van der Waals surface area contributed by atoms with Gasteiger partial charge in [0.1, 0.15) is 11.5 Å². The summed E-state index contributed by atoms with van der Waals surface area (Å²) in [6, 6.07) is 14.7. The normalized spacial score (nSPS) is 11.0. The highest BCUT2D eigenvalue weighted by Gasteiger charge is 2.13. The molecule has 0 saturated heterocycles. The molecule has 0 unspecified atom stereocenters. The van der Waals surface area contributed by atoms with E-state index in [0.29, 0.717) is 29.6 Å². The number of aliphatic imine (C=N–C) groups is 1. The molecule has 0 saturated carbocycles. The number of benzene rings is 2. The lowest BCUT2D eigenvalue weighted by atomic mass is 10.1. The van der Waals surface area contributed by atoms with Gasteiger partial charge in [-0.05, 0) is 54.8 Å². The Bertz CT molecular complexity index is 1060. The molecule has 3 aromatic rings. The Balaban J connectivity index is 1.88. The Morgan fingerprint density at radius 1 is 1.03 bits per heavy atom. The Morgan fingerprint density at radius 3 is 2.42 bits per heavy atom. The van der Waals surface area contributed by atoms with Crippen LogP contribution in [0.15, 0.2) is 65.9 Å². The second kappa shape index (κ2) is 10.2. The highest BCUT2D eigenvalue weighted by atomic mass is 16.5. The summed E-state index contributed by atoms with van der Waals surface area (Å²) in [7, 11) is 3.08. The van der Waals surface area contributed by atoms with E-state index in [0.717, 1.165) is 22.4 Å². The molecule has 0 spiro atoms. The molecule has 0 aliphatic rings. The molecule has 1 aromatic heterocycles. The van der Waals surface area contributed by atoms with Crippen LogP contribution in [0.25, 0.3) is 0 Å². The SMILES string of the molecule is COc1cc(OC)cc(C(=O)NC(=NCc2cccnc2)Nc2cccc(C)c2C)c1. The summed E-state index contributed by atoms with van der Waals surface area (Å²) in [5, 5.41) is 6.12. The predicted octanol–water partition coefficient (Wildman–Crippen LogP) is 4.11. The van der Waals surface area contributed by atoms with Crippen LogP contribution >= 0.6 is 0 Å². The fourth-order valence-corrected chi connectivity index (χ4v) is 2.90. The monoisotopic (exact) mass is 418 g/mol. The van der Waals surface area contributed by atoms with E-state index < -0.39 is 0 Å². The quantitative estimate of drug-likeness (QED) is 0.465. The summed E-state index contributed by atoms with van der Waals surface area (Å²) in [4.78, 5) is 21.7. The van der Waals surface area contributed by atoms with Gasteiger partial charge < -0.3 is 14.8 Å². The number of nitrogens with one attached hydrogen (secondary N) is 2. The molecule has 1 amide bonds. The van der Waals surface area contributed by atoms with Gasteiger partial charge in [-0.3, -0.25) is 15.1 Å². The van der Waals surface area contributed by atoms with Crippen LogP contribution in [0.4, 0.5) is 5.69 Å². The van der Waals surface area contributed by atoms with Crippen molar-refractivity contribution in [3.63, 3.8) is 0 Å². The Labute approximate surface area is 182 Å². The van der Waals surface area contributed by atoms with Crippen molar-refractivity contribution >= 4 is 17.6 Å². The number of carbonyl (C=O) groups is 1. The van der Waals surface area contributed by atoms with E-state index in [2.05, 4.69) is 20.6 Å². The maximum atomic E-state index is 13.0. The number of aryl methyl sites for hydroxylation is 1. The molecule has 7 nitrogen and oxygen atoms in total. The molecule has 0 atom stereocenters. The number of amides is 1. The van der Waals surface area contributed by atoms with E-state index in [1.54, 1.807) is 44.8 Å². The Morgan fingerprint density at radius 2 is 1.77 bits per heavy atom. The second-order valence-corrected chi connectivity index (χ2v) is 6.95. The summed E-state index contributed by atoms with van der Waals surface area (Å²) < 4.78 is 10.5. The first-order valence-corrected chi connectivity index (χ1v) is 9.81. The van der Waals surface area contributed by atoms with Crippen LogP contribution in [0.1, 0.15) is 27.0 Å². The third-order valence-corrected chi connectivity index (χ3v) is 4.85. The maximum Gasteiger partial charge on any atom is 0.258 e. The van der Waals surface area contributed by atoms with E-state index in [4.69, 9.17) is 9.47 Å². The van der Waals surface area contributed by atoms with Crippen LogP contribution in [0.3, 0.4) is 0 Å². The number of methoxy groups -OCH3 is 2. The number of aromatic nitrogens is 1. The number of ether oxygens (including phenoxy) is 2. The van der Waals surface area contributed by atoms with E-state index in [-0.39, 0.29) is 5.91 Å². The van der Waals surface area contributed by atoms with Crippen LogP contribution in [0.5, 0.6) is 11.5 Å². The highest BCUT2D eigenvalue weighted by molar-refractivity contribution is 6.10. The summed E-state index contributed by atoms with van der Waals surface area (Å²) in [6.07, 6.45) is 3.45. The number of rotatable bonds is 6. The first-order valence-electron chi connectivity index (χ1n) is 9.81. The van der Waals surface area contributed by atoms with Crippen molar-refractivity contribution in [1.29, 1.82) is 0 Å². The smallest absolute Gasteiger partial charge is 0.258 e. The standard InChI is InChI=1S/C24H26N4O3/c1-16-7-5-9-22(17(16)2)27-24(26-15-18-8-6-10-25-14-18)28-23(29)19-11-20(30-3)13-21(12-19)31-4/h5-14H,15H2,1-4H3,(H2,26,27,28,29). The van der Waals surface area contributed by atoms with E-state index in [1.165, 1.54) is 0 Å². The van der Waals surface area contributed by atoms with Gasteiger partial charge >= 0.3 is 0 Å². The molecule has 7 heteroatoms. The molecular weight excluding hydrogens is 392 g/mol. The van der Waals surface area contributed by atoms with Gasteiger partial charge in [0, 0.05) is 29.7 Å². The fourth-order valence-electron chi connectivity index (χ4n) is 2.90. The maximum absolute atomic E-state index is 13.0. The number of hydrogen-bond acceptors (Lipinski definition) is 5. The highest BCUT2D eigenvalue weighted by Crippen LogP contribution is 2.23. The zero-order chi connectivity index (χ0) is 22.2. The molecule has 0 aliphatic heterocycles. The number of hydrogen-bond donors (Lipinski definition) is 2. The van der Waals surface area contributed by atoms with E-state index in [1.807, 2.05) is 44.2 Å². The predicted molar refractivity (Wildman–Crippen MR) is 122 cm³/mol. The third-order valence-electron chi connectivity index (χ3n) is 4.85. The van der Waals surface area contributed by atoms with Crippen LogP contribution in [-0.2, 0) is 6.54 Å². The lowest BCUT2D eigenvalue weighted by Gasteiger charge is -2.15. The summed E-state index contributed by atoms with van der Waals surface area (Å²) in [5.74, 6) is 1.06. The van der Waals surface area contributed by atoms with E-state index in [9.17, 15) is 4.79 Å².